The molecule has 0 N–H and O–H groups in total. The highest BCUT2D eigenvalue weighted by Crippen LogP contribution is 2.34. The fourth-order valence-corrected chi connectivity index (χ4v) is 3.10. The fraction of sp³-hybridized carbons (Fsp3) is 0.0667. The van der Waals surface area contributed by atoms with Crippen LogP contribution in [0.3, 0.4) is 0 Å². The van der Waals surface area contributed by atoms with E-state index in [9.17, 15) is 5.26 Å². The molecule has 0 amide bonds. The average Bonchev–Trinajstić information content (AvgIpc) is 2.85. The van der Waals surface area contributed by atoms with Crippen molar-refractivity contribution >= 4 is 33.2 Å². The van der Waals surface area contributed by atoms with Gasteiger partial charge in [0.25, 0.3) is 0 Å². The summed E-state index contributed by atoms with van der Waals surface area (Å²) in [7, 11) is 0. The Kier molecular flexibility index (Phi) is 2.98. The van der Waals surface area contributed by atoms with E-state index in [2.05, 4.69) is 11.1 Å². The summed E-state index contributed by atoms with van der Waals surface area (Å²) in [5, 5.41) is 10.7. The minimum Gasteiger partial charge on any atom is -0.236 e. The van der Waals surface area contributed by atoms with Gasteiger partial charge in [-0.15, -0.1) is 11.3 Å². The average molecular weight is 285 g/mol. The van der Waals surface area contributed by atoms with E-state index in [1.54, 1.807) is 11.3 Å². The van der Waals surface area contributed by atoms with Gasteiger partial charge in [-0.2, -0.15) is 5.26 Å². The number of para-hydroxylation sites is 1. The van der Waals surface area contributed by atoms with Gasteiger partial charge in [-0.1, -0.05) is 23.7 Å². The quantitative estimate of drug-likeness (QED) is 0.644. The van der Waals surface area contributed by atoms with Gasteiger partial charge in [0.2, 0.25) is 0 Å². The maximum atomic E-state index is 9.25. The Morgan fingerprint density at radius 2 is 2.05 bits per heavy atom. The zero-order valence-corrected chi connectivity index (χ0v) is 11.7. The lowest BCUT2D eigenvalue weighted by Crippen LogP contribution is -1.86. The first-order chi connectivity index (χ1) is 9.19. The number of halogens is 1. The Hall–Kier alpha value is -1.89. The Balaban J connectivity index is 2.26. The van der Waals surface area contributed by atoms with Crippen molar-refractivity contribution in [3.8, 4) is 16.6 Å². The minimum atomic E-state index is 0.612. The second-order valence-corrected chi connectivity index (χ2v) is 5.68. The van der Waals surface area contributed by atoms with Crippen LogP contribution < -0.4 is 0 Å². The van der Waals surface area contributed by atoms with Crippen LogP contribution >= 0.6 is 22.9 Å². The van der Waals surface area contributed by atoms with Crippen molar-refractivity contribution in [1.29, 1.82) is 5.26 Å². The van der Waals surface area contributed by atoms with Crippen molar-refractivity contribution in [2.45, 2.75) is 6.92 Å². The van der Waals surface area contributed by atoms with Gasteiger partial charge in [-0.05, 0) is 36.8 Å². The van der Waals surface area contributed by atoms with Crippen LogP contribution in [0.25, 0.3) is 20.8 Å². The van der Waals surface area contributed by atoms with E-state index in [1.807, 2.05) is 43.3 Å². The molecule has 0 radical (unpaired) electrons. The third-order valence-electron chi connectivity index (χ3n) is 2.94. The van der Waals surface area contributed by atoms with Gasteiger partial charge >= 0.3 is 0 Å². The molecule has 2 nitrogen and oxygen atoms in total. The van der Waals surface area contributed by atoms with E-state index in [0.717, 1.165) is 26.4 Å². The molecule has 0 aliphatic rings. The molecule has 2 aromatic carbocycles. The maximum Gasteiger partial charge on any atom is 0.125 e. The molecule has 0 aliphatic carbocycles. The lowest BCUT2D eigenvalue weighted by atomic mass is 10.1. The Morgan fingerprint density at radius 3 is 2.79 bits per heavy atom. The van der Waals surface area contributed by atoms with Crippen LogP contribution in [0.15, 0.2) is 36.4 Å². The molecule has 3 rings (SSSR count). The molecule has 92 valence electrons. The molecule has 0 spiro atoms. The first kappa shape index (κ1) is 12.2. The van der Waals surface area contributed by atoms with Crippen LogP contribution in [0.2, 0.25) is 5.02 Å². The molecule has 0 fully saturated rings. The van der Waals surface area contributed by atoms with Crippen LogP contribution in [0.5, 0.6) is 0 Å². The predicted octanol–water partition coefficient (Wildman–Crippen LogP) is 4.80. The monoisotopic (exact) mass is 284 g/mol. The molecule has 0 aliphatic heterocycles. The molecular weight excluding hydrogens is 276 g/mol. The van der Waals surface area contributed by atoms with E-state index in [0.29, 0.717) is 10.6 Å². The highest BCUT2D eigenvalue weighted by atomic mass is 35.5. The predicted molar refractivity (Wildman–Crippen MR) is 79.5 cm³/mol. The highest BCUT2D eigenvalue weighted by Gasteiger charge is 2.12. The van der Waals surface area contributed by atoms with Gasteiger partial charge in [0.1, 0.15) is 5.01 Å². The number of nitriles is 1. The first-order valence-corrected chi connectivity index (χ1v) is 6.94. The summed E-state index contributed by atoms with van der Waals surface area (Å²) in [5.41, 5.74) is 3.27. The second kappa shape index (κ2) is 4.65. The maximum absolute atomic E-state index is 9.25. The van der Waals surface area contributed by atoms with Crippen molar-refractivity contribution in [3.63, 3.8) is 0 Å². The summed E-state index contributed by atoms with van der Waals surface area (Å²) < 4.78 is 1.11. The molecule has 4 heteroatoms. The van der Waals surface area contributed by atoms with Gasteiger partial charge in [0.05, 0.1) is 21.8 Å². The lowest BCUT2D eigenvalue weighted by Gasteiger charge is -2.03. The SMILES string of the molecule is Cc1cc(C#N)c(-c2nc3ccccc3s2)cc1Cl. The molecular formula is C15H9ClN2S. The van der Waals surface area contributed by atoms with Crippen molar-refractivity contribution < 1.29 is 0 Å². The van der Waals surface area contributed by atoms with Gasteiger partial charge in [0, 0.05) is 10.6 Å². The number of thiazole rings is 1. The smallest absolute Gasteiger partial charge is 0.125 e. The standard InChI is InChI=1S/C15H9ClN2S/c1-9-6-10(8-17)11(7-12(9)16)15-18-13-4-2-3-5-14(13)19-15/h2-7H,1H3. The number of benzene rings is 2. The van der Waals surface area contributed by atoms with Gasteiger partial charge < -0.3 is 0 Å². The van der Waals surface area contributed by atoms with Gasteiger partial charge in [-0.25, -0.2) is 4.98 Å². The van der Waals surface area contributed by atoms with E-state index in [-0.39, 0.29) is 0 Å². The molecule has 0 saturated carbocycles. The molecule has 19 heavy (non-hydrogen) atoms. The minimum absolute atomic E-state index is 0.612. The number of hydrogen-bond acceptors (Lipinski definition) is 3. The van der Waals surface area contributed by atoms with Crippen molar-refractivity contribution in [1.82, 2.24) is 4.98 Å². The van der Waals surface area contributed by atoms with E-state index in [1.165, 1.54) is 0 Å². The van der Waals surface area contributed by atoms with Crippen LogP contribution in [0.1, 0.15) is 11.1 Å². The van der Waals surface area contributed by atoms with E-state index < -0.39 is 0 Å². The molecule has 1 aromatic heterocycles. The van der Waals surface area contributed by atoms with Crippen molar-refractivity contribution in [2.24, 2.45) is 0 Å². The summed E-state index contributed by atoms with van der Waals surface area (Å²) in [6.07, 6.45) is 0. The molecule has 0 bridgehead atoms. The highest BCUT2D eigenvalue weighted by molar-refractivity contribution is 7.21. The molecule has 0 unspecified atom stereocenters. The third kappa shape index (κ3) is 2.10. The molecule has 0 saturated heterocycles. The summed E-state index contributed by atoms with van der Waals surface area (Å²) in [4.78, 5) is 4.57. The Bertz CT molecular complexity index is 782. The Labute approximate surface area is 119 Å². The number of nitrogens with zero attached hydrogens (tertiary/aromatic N) is 2. The van der Waals surface area contributed by atoms with E-state index in [4.69, 9.17) is 11.6 Å². The summed E-state index contributed by atoms with van der Waals surface area (Å²) in [6, 6.07) is 13.8. The number of rotatable bonds is 1. The summed E-state index contributed by atoms with van der Waals surface area (Å²) >= 11 is 7.73. The van der Waals surface area contributed by atoms with Crippen LogP contribution in [0.4, 0.5) is 0 Å². The normalized spacial score (nSPS) is 10.6. The molecule has 0 atom stereocenters. The largest absolute Gasteiger partial charge is 0.236 e. The zero-order chi connectivity index (χ0) is 13.4. The number of aryl methyl sites for hydroxylation is 1. The van der Waals surface area contributed by atoms with Crippen LogP contribution in [0, 0.1) is 18.3 Å². The van der Waals surface area contributed by atoms with Crippen LogP contribution in [-0.4, -0.2) is 4.98 Å². The number of aromatic nitrogens is 1. The number of hydrogen-bond donors (Lipinski definition) is 0. The van der Waals surface area contributed by atoms with Crippen molar-refractivity contribution in [2.75, 3.05) is 0 Å². The lowest BCUT2D eigenvalue weighted by molar-refractivity contribution is 1.40. The second-order valence-electron chi connectivity index (χ2n) is 4.25. The first-order valence-electron chi connectivity index (χ1n) is 5.75. The Morgan fingerprint density at radius 1 is 1.26 bits per heavy atom. The van der Waals surface area contributed by atoms with Gasteiger partial charge in [0.15, 0.2) is 0 Å². The van der Waals surface area contributed by atoms with Crippen molar-refractivity contribution in [3.05, 3.63) is 52.5 Å². The third-order valence-corrected chi connectivity index (χ3v) is 4.42. The summed E-state index contributed by atoms with van der Waals surface area (Å²) in [6.45, 7) is 1.89. The topological polar surface area (TPSA) is 36.7 Å². The fourth-order valence-electron chi connectivity index (χ4n) is 1.94. The van der Waals surface area contributed by atoms with E-state index >= 15 is 0 Å². The zero-order valence-electron chi connectivity index (χ0n) is 10.1. The number of fused-ring (bicyclic) bond motifs is 1. The summed E-state index contributed by atoms with van der Waals surface area (Å²) in [5.74, 6) is 0. The van der Waals surface area contributed by atoms with Gasteiger partial charge in [-0.3, -0.25) is 0 Å². The molecule has 1 heterocycles. The molecule has 3 aromatic rings. The van der Waals surface area contributed by atoms with Crippen LogP contribution in [-0.2, 0) is 0 Å².